The van der Waals surface area contributed by atoms with E-state index in [1.807, 2.05) is 0 Å². The topological polar surface area (TPSA) is 89.8 Å². The van der Waals surface area contributed by atoms with Gasteiger partial charge in [-0.25, -0.2) is 4.68 Å². The van der Waals surface area contributed by atoms with Gasteiger partial charge in [0.15, 0.2) is 0 Å². The number of rotatable bonds is 4. The second kappa shape index (κ2) is 3.99. The number of nitrogens with zero attached hydrogens (tertiary/aromatic N) is 4. The molecule has 0 aromatic carbocycles. The van der Waals surface area contributed by atoms with Crippen molar-refractivity contribution in [1.29, 1.82) is 0 Å². The van der Waals surface area contributed by atoms with Crippen LogP contribution < -0.4 is 5.73 Å². The number of aromatic nitrogens is 4. The molecule has 0 saturated carbocycles. The van der Waals surface area contributed by atoms with Crippen LogP contribution in [0.4, 0.5) is 0 Å². The molecule has 1 atom stereocenters. The normalized spacial score (nSPS) is 13.3. The molecule has 62 valence electrons. The van der Waals surface area contributed by atoms with Crippen molar-refractivity contribution in [3.05, 3.63) is 6.33 Å². The molecule has 6 heteroatoms. The maximum absolute atomic E-state index is 8.58. The van der Waals surface area contributed by atoms with E-state index >= 15 is 0 Å². The van der Waals surface area contributed by atoms with Gasteiger partial charge >= 0.3 is 0 Å². The Labute approximate surface area is 64.0 Å². The number of aliphatic hydroxyl groups excluding tert-OH is 1. The lowest BCUT2D eigenvalue weighted by atomic mass is 10.2. The van der Waals surface area contributed by atoms with Gasteiger partial charge in [0.05, 0.1) is 6.61 Å². The van der Waals surface area contributed by atoms with Gasteiger partial charge in [-0.05, 0) is 16.8 Å². The zero-order valence-corrected chi connectivity index (χ0v) is 6.09. The van der Waals surface area contributed by atoms with Crippen molar-refractivity contribution < 1.29 is 5.11 Å². The Morgan fingerprint density at radius 3 is 3.00 bits per heavy atom. The van der Waals surface area contributed by atoms with Crippen molar-refractivity contribution in [2.75, 3.05) is 6.61 Å². The highest BCUT2D eigenvalue weighted by molar-refractivity contribution is 4.58. The molecule has 0 aliphatic carbocycles. The summed E-state index contributed by atoms with van der Waals surface area (Å²) in [4.78, 5) is 0. The van der Waals surface area contributed by atoms with Gasteiger partial charge in [-0.2, -0.15) is 0 Å². The van der Waals surface area contributed by atoms with E-state index in [4.69, 9.17) is 10.8 Å². The Morgan fingerprint density at radius 1 is 1.64 bits per heavy atom. The molecule has 1 aromatic heterocycles. The molecule has 0 bridgehead atoms. The number of nitrogens with two attached hydrogens (primary N) is 1. The molecule has 11 heavy (non-hydrogen) atoms. The van der Waals surface area contributed by atoms with E-state index < -0.39 is 0 Å². The number of aliphatic hydroxyl groups is 1. The minimum atomic E-state index is -0.181. The first-order valence-corrected chi connectivity index (χ1v) is 3.40. The first kappa shape index (κ1) is 8.09. The molecule has 1 heterocycles. The molecule has 0 spiro atoms. The van der Waals surface area contributed by atoms with Gasteiger partial charge < -0.3 is 10.8 Å². The molecule has 1 aromatic rings. The quantitative estimate of drug-likeness (QED) is 0.548. The lowest BCUT2D eigenvalue weighted by Gasteiger charge is -2.05. The summed E-state index contributed by atoms with van der Waals surface area (Å²) >= 11 is 0. The molecule has 0 amide bonds. The number of aryl methyl sites for hydroxylation is 1. The van der Waals surface area contributed by atoms with Crippen LogP contribution in [0.1, 0.15) is 6.42 Å². The minimum absolute atomic E-state index is 0.00211. The Bertz CT molecular complexity index is 187. The van der Waals surface area contributed by atoms with Crippen LogP contribution >= 0.6 is 0 Å². The highest BCUT2D eigenvalue weighted by Crippen LogP contribution is 1.89. The van der Waals surface area contributed by atoms with Crippen molar-refractivity contribution >= 4 is 0 Å². The fourth-order valence-electron chi connectivity index (χ4n) is 0.672. The van der Waals surface area contributed by atoms with Crippen molar-refractivity contribution in [3.63, 3.8) is 0 Å². The van der Waals surface area contributed by atoms with Crippen LogP contribution in [0.5, 0.6) is 0 Å². The van der Waals surface area contributed by atoms with Crippen LogP contribution in [0.15, 0.2) is 6.33 Å². The summed E-state index contributed by atoms with van der Waals surface area (Å²) in [5.41, 5.74) is 5.46. The number of tetrazole rings is 1. The van der Waals surface area contributed by atoms with Crippen LogP contribution in [0.3, 0.4) is 0 Å². The van der Waals surface area contributed by atoms with E-state index in [1.54, 1.807) is 4.68 Å². The lowest BCUT2D eigenvalue weighted by Crippen LogP contribution is -2.26. The SMILES string of the molecule is N[C@H](CO)CCn1cnnn1. The summed E-state index contributed by atoms with van der Waals surface area (Å²) < 4.78 is 1.58. The van der Waals surface area contributed by atoms with Crippen molar-refractivity contribution in [2.24, 2.45) is 5.73 Å². The smallest absolute Gasteiger partial charge is 0.138 e. The van der Waals surface area contributed by atoms with E-state index in [1.165, 1.54) is 6.33 Å². The van der Waals surface area contributed by atoms with E-state index in [0.29, 0.717) is 13.0 Å². The van der Waals surface area contributed by atoms with Crippen LogP contribution in [0.25, 0.3) is 0 Å². The lowest BCUT2D eigenvalue weighted by molar-refractivity contribution is 0.254. The van der Waals surface area contributed by atoms with E-state index in [2.05, 4.69) is 15.5 Å². The molecular formula is C5H11N5O. The molecule has 0 aliphatic rings. The van der Waals surface area contributed by atoms with Crippen LogP contribution in [-0.4, -0.2) is 38.0 Å². The predicted octanol–water partition coefficient (Wildman–Crippen LogP) is -1.62. The molecule has 0 unspecified atom stereocenters. The van der Waals surface area contributed by atoms with Crippen molar-refractivity contribution in [2.45, 2.75) is 19.0 Å². The monoisotopic (exact) mass is 157 g/mol. The Hall–Kier alpha value is -1.01. The van der Waals surface area contributed by atoms with Gasteiger partial charge in [0.1, 0.15) is 6.33 Å². The summed E-state index contributed by atoms with van der Waals surface area (Å²) in [5.74, 6) is 0. The van der Waals surface area contributed by atoms with Crippen LogP contribution in [-0.2, 0) is 6.54 Å². The third kappa shape index (κ3) is 2.60. The molecule has 0 aliphatic heterocycles. The van der Waals surface area contributed by atoms with Crippen molar-refractivity contribution in [3.8, 4) is 0 Å². The average Bonchev–Trinajstić information content (AvgIpc) is 2.52. The Morgan fingerprint density at radius 2 is 2.45 bits per heavy atom. The van der Waals surface area contributed by atoms with Gasteiger partial charge in [-0.1, -0.05) is 0 Å². The first-order valence-electron chi connectivity index (χ1n) is 3.40. The van der Waals surface area contributed by atoms with Crippen LogP contribution in [0, 0.1) is 0 Å². The Balaban J connectivity index is 2.23. The van der Waals surface area contributed by atoms with E-state index in [9.17, 15) is 0 Å². The highest BCUT2D eigenvalue weighted by atomic mass is 16.3. The molecule has 0 fully saturated rings. The average molecular weight is 157 g/mol. The highest BCUT2D eigenvalue weighted by Gasteiger charge is 2.00. The van der Waals surface area contributed by atoms with Crippen molar-refractivity contribution in [1.82, 2.24) is 20.2 Å². The first-order chi connectivity index (χ1) is 5.33. The largest absolute Gasteiger partial charge is 0.395 e. The predicted molar refractivity (Wildman–Crippen MR) is 37.5 cm³/mol. The maximum Gasteiger partial charge on any atom is 0.138 e. The standard InChI is InChI=1S/C5H11N5O/c6-5(3-11)1-2-10-4-7-8-9-10/h4-5,11H,1-3,6H2/t5-/m0/s1. The second-order valence-corrected chi connectivity index (χ2v) is 2.30. The third-order valence-corrected chi connectivity index (χ3v) is 1.35. The summed E-state index contributed by atoms with van der Waals surface area (Å²) in [6.45, 7) is 0.650. The summed E-state index contributed by atoms with van der Waals surface area (Å²) in [7, 11) is 0. The third-order valence-electron chi connectivity index (χ3n) is 1.35. The Kier molecular flexibility index (Phi) is 2.94. The second-order valence-electron chi connectivity index (χ2n) is 2.30. The molecular weight excluding hydrogens is 146 g/mol. The van der Waals surface area contributed by atoms with E-state index in [0.717, 1.165) is 0 Å². The number of hydrogen-bond donors (Lipinski definition) is 2. The zero-order valence-electron chi connectivity index (χ0n) is 6.09. The molecule has 0 radical (unpaired) electrons. The van der Waals surface area contributed by atoms with Gasteiger partial charge in [0, 0.05) is 12.6 Å². The maximum atomic E-state index is 8.58. The van der Waals surface area contributed by atoms with Crippen LogP contribution in [0.2, 0.25) is 0 Å². The van der Waals surface area contributed by atoms with Gasteiger partial charge in [0.25, 0.3) is 0 Å². The molecule has 3 N–H and O–H groups in total. The van der Waals surface area contributed by atoms with Gasteiger partial charge in [-0.15, -0.1) is 5.10 Å². The van der Waals surface area contributed by atoms with Gasteiger partial charge in [-0.3, -0.25) is 0 Å². The minimum Gasteiger partial charge on any atom is -0.395 e. The van der Waals surface area contributed by atoms with Gasteiger partial charge in [0.2, 0.25) is 0 Å². The molecule has 6 nitrogen and oxygen atoms in total. The molecule has 1 rings (SSSR count). The fraction of sp³-hybridized carbons (Fsp3) is 0.800. The zero-order chi connectivity index (χ0) is 8.10. The summed E-state index contributed by atoms with van der Waals surface area (Å²) in [6, 6.07) is -0.181. The number of hydrogen-bond acceptors (Lipinski definition) is 5. The summed E-state index contributed by atoms with van der Waals surface area (Å²) in [6.07, 6.45) is 2.20. The summed E-state index contributed by atoms with van der Waals surface area (Å²) in [5, 5.41) is 19.1. The van der Waals surface area contributed by atoms with E-state index in [-0.39, 0.29) is 12.6 Å². The molecule has 0 saturated heterocycles. The fourth-order valence-corrected chi connectivity index (χ4v) is 0.672.